The van der Waals surface area contributed by atoms with Crippen LogP contribution in [0.4, 0.5) is 4.39 Å². The van der Waals surface area contributed by atoms with Crippen LogP contribution in [0.3, 0.4) is 0 Å². The van der Waals surface area contributed by atoms with Gasteiger partial charge in [0.05, 0.1) is 25.2 Å². The van der Waals surface area contributed by atoms with E-state index < -0.39 is 16.4 Å². The zero-order chi connectivity index (χ0) is 29.8. The zero-order valence-electron chi connectivity index (χ0n) is 26.0. The van der Waals surface area contributed by atoms with Gasteiger partial charge in [0.25, 0.3) is 0 Å². The van der Waals surface area contributed by atoms with Gasteiger partial charge in [0, 0.05) is 44.3 Å². The minimum Gasteiger partial charge on any atom is -0.415 e. The standard InChI is InChI=1S/C32H46FN5OSi2/c1-32(2,3)41(7,8)39-21-20-38-31(28-23-37(24-35-28)19-9-10-22-40(4,5)6)29(25-15-17-34-18-16-25)30(36-38)26-11-13-27(33)14-12-26/h11-18,23-24H,9-10,19-22H2,1-8H3. The number of pyridine rings is 1. The Bertz CT molecular complexity index is 1420. The summed E-state index contributed by atoms with van der Waals surface area (Å²) in [5.74, 6) is -0.269. The number of halogens is 1. The van der Waals surface area contributed by atoms with Crippen molar-refractivity contribution in [2.45, 2.75) is 90.5 Å². The van der Waals surface area contributed by atoms with Gasteiger partial charge < -0.3 is 8.99 Å². The largest absolute Gasteiger partial charge is 0.415 e. The number of benzene rings is 1. The highest BCUT2D eigenvalue weighted by Gasteiger charge is 2.37. The molecule has 0 saturated carbocycles. The first-order chi connectivity index (χ1) is 19.2. The van der Waals surface area contributed by atoms with Crippen LogP contribution in [0.15, 0.2) is 61.3 Å². The topological polar surface area (TPSA) is 57.8 Å². The molecule has 9 heteroatoms. The lowest BCUT2D eigenvalue weighted by atomic mass is 9.98. The molecule has 4 rings (SSSR count). The van der Waals surface area contributed by atoms with Crippen molar-refractivity contribution >= 4 is 16.4 Å². The van der Waals surface area contributed by atoms with E-state index in [1.165, 1.54) is 24.6 Å². The molecule has 3 heterocycles. The van der Waals surface area contributed by atoms with E-state index in [0.29, 0.717) is 13.2 Å². The molecule has 1 aromatic carbocycles. The predicted molar refractivity (Wildman–Crippen MR) is 173 cm³/mol. The van der Waals surface area contributed by atoms with E-state index in [4.69, 9.17) is 14.5 Å². The number of aryl methyl sites for hydroxylation is 1. The van der Waals surface area contributed by atoms with E-state index in [1.807, 2.05) is 23.1 Å². The molecule has 41 heavy (non-hydrogen) atoms. The van der Waals surface area contributed by atoms with E-state index in [-0.39, 0.29) is 10.9 Å². The Balaban J connectivity index is 1.75. The van der Waals surface area contributed by atoms with Crippen LogP contribution in [0, 0.1) is 5.82 Å². The molecule has 0 aliphatic rings. The molecule has 0 saturated heterocycles. The smallest absolute Gasteiger partial charge is 0.192 e. The summed E-state index contributed by atoms with van der Waals surface area (Å²) in [7, 11) is -2.97. The van der Waals surface area contributed by atoms with Gasteiger partial charge in [-0.3, -0.25) is 9.67 Å². The van der Waals surface area contributed by atoms with Crippen LogP contribution in [0.5, 0.6) is 0 Å². The average molecular weight is 592 g/mol. The maximum atomic E-state index is 13.9. The van der Waals surface area contributed by atoms with E-state index >= 15 is 0 Å². The number of hydrogen-bond acceptors (Lipinski definition) is 4. The Kier molecular flexibility index (Phi) is 9.50. The average Bonchev–Trinajstić information content (AvgIpc) is 3.51. The maximum Gasteiger partial charge on any atom is 0.192 e. The van der Waals surface area contributed by atoms with Crippen LogP contribution in [-0.4, -0.2) is 47.3 Å². The molecular weight excluding hydrogens is 546 g/mol. The number of aromatic nitrogens is 5. The van der Waals surface area contributed by atoms with Crippen molar-refractivity contribution in [3.05, 3.63) is 67.1 Å². The van der Waals surface area contributed by atoms with E-state index in [1.54, 1.807) is 24.5 Å². The summed E-state index contributed by atoms with van der Waals surface area (Å²) in [5, 5.41) is 5.24. The fourth-order valence-electron chi connectivity index (χ4n) is 4.64. The highest BCUT2D eigenvalue weighted by atomic mass is 28.4. The van der Waals surface area contributed by atoms with Crippen LogP contribution < -0.4 is 0 Å². The first-order valence-electron chi connectivity index (χ1n) is 14.7. The number of imidazole rings is 1. The first-order valence-corrected chi connectivity index (χ1v) is 21.3. The summed E-state index contributed by atoms with van der Waals surface area (Å²) >= 11 is 0. The van der Waals surface area contributed by atoms with Crippen molar-refractivity contribution in [2.75, 3.05) is 6.61 Å². The molecule has 3 aromatic heterocycles. The molecule has 4 aromatic rings. The van der Waals surface area contributed by atoms with Gasteiger partial charge in [-0.15, -0.1) is 0 Å². The normalized spacial score (nSPS) is 12.7. The van der Waals surface area contributed by atoms with Crippen LogP contribution in [0.2, 0.25) is 43.8 Å². The monoisotopic (exact) mass is 591 g/mol. The Labute approximate surface area is 247 Å². The van der Waals surface area contributed by atoms with Crippen LogP contribution in [0.25, 0.3) is 33.8 Å². The summed E-state index contributed by atoms with van der Waals surface area (Å²) < 4.78 is 24.7. The lowest BCUT2D eigenvalue weighted by molar-refractivity contribution is 0.267. The van der Waals surface area contributed by atoms with Gasteiger partial charge in [0.1, 0.15) is 17.2 Å². The lowest BCUT2D eigenvalue weighted by Crippen LogP contribution is -2.41. The number of nitrogens with zero attached hydrogens (tertiary/aromatic N) is 5. The minimum absolute atomic E-state index is 0.121. The third kappa shape index (κ3) is 7.90. The number of rotatable bonds is 12. The van der Waals surface area contributed by atoms with Crippen molar-refractivity contribution in [2.24, 2.45) is 0 Å². The summed E-state index contributed by atoms with van der Waals surface area (Å²) in [4.78, 5) is 9.13. The number of hydrogen-bond donors (Lipinski definition) is 0. The van der Waals surface area contributed by atoms with Gasteiger partial charge in [-0.1, -0.05) is 52.9 Å². The molecule has 0 bridgehead atoms. The molecule has 220 valence electrons. The van der Waals surface area contributed by atoms with Gasteiger partial charge in [-0.2, -0.15) is 5.10 Å². The highest BCUT2D eigenvalue weighted by molar-refractivity contribution is 6.76. The fourth-order valence-corrected chi connectivity index (χ4v) is 6.99. The van der Waals surface area contributed by atoms with E-state index in [9.17, 15) is 4.39 Å². The Morgan fingerprint density at radius 3 is 2.20 bits per heavy atom. The summed E-state index contributed by atoms with van der Waals surface area (Å²) in [6, 6.07) is 11.9. The third-order valence-electron chi connectivity index (χ3n) is 8.08. The molecule has 0 atom stereocenters. The second kappa shape index (κ2) is 12.5. The van der Waals surface area contributed by atoms with Crippen molar-refractivity contribution in [1.82, 2.24) is 24.3 Å². The van der Waals surface area contributed by atoms with Crippen molar-refractivity contribution in [3.8, 4) is 33.8 Å². The van der Waals surface area contributed by atoms with Crippen LogP contribution in [0.1, 0.15) is 33.6 Å². The van der Waals surface area contributed by atoms with E-state index in [2.05, 4.69) is 69.3 Å². The van der Waals surface area contributed by atoms with Crippen molar-refractivity contribution < 1.29 is 8.82 Å². The molecule has 0 spiro atoms. The molecule has 0 amide bonds. The highest BCUT2D eigenvalue weighted by Crippen LogP contribution is 2.40. The predicted octanol–water partition coefficient (Wildman–Crippen LogP) is 8.75. The maximum absolute atomic E-state index is 13.9. The van der Waals surface area contributed by atoms with Gasteiger partial charge >= 0.3 is 0 Å². The Morgan fingerprint density at radius 2 is 1.56 bits per heavy atom. The lowest BCUT2D eigenvalue weighted by Gasteiger charge is -2.36. The fraction of sp³-hybridized carbons (Fsp3) is 0.469. The van der Waals surface area contributed by atoms with Crippen LogP contribution in [-0.2, 0) is 17.5 Å². The van der Waals surface area contributed by atoms with E-state index in [0.717, 1.165) is 46.7 Å². The van der Waals surface area contributed by atoms with Gasteiger partial charge in [0.2, 0.25) is 0 Å². The summed E-state index contributed by atoms with van der Waals surface area (Å²) in [6.45, 7) is 20.7. The van der Waals surface area contributed by atoms with Gasteiger partial charge in [-0.05, 0) is 66.5 Å². The summed E-state index contributed by atoms with van der Waals surface area (Å²) in [6.07, 6.45) is 10.0. The zero-order valence-corrected chi connectivity index (χ0v) is 28.0. The SMILES string of the molecule is CC(C)(C)[Si](C)(C)OCCn1nc(-c2ccc(F)cc2)c(-c2ccncc2)c1-c1cn(CCCC[Si](C)(C)C)cn1. The molecule has 0 aliphatic heterocycles. The minimum atomic E-state index is -1.93. The number of unbranched alkanes of at least 4 members (excludes halogenated alkanes) is 1. The molecule has 0 unspecified atom stereocenters. The second-order valence-electron chi connectivity index (χ2n) is 13.7. The quantitative estimate of drug-likeness (QED) is 0.122. The van der Waals surface area contributed by atoms with Crippen LogP contribution >= 0.6 is 0 Å². The third-order valence-corrected chi connectivity index (χ3v) is 14.5. The van der Waals surface area contributed by atoms with Crippen molar-refractivity contribution in [1.29, 1.82) is 0 Å². The van der Waals surface area contributed by atoms with Crippen molar-refractivity contribution in [3.63, 3.8) is 0 Å². The molecule has 0 fully saturated rings. The first kappa shape index (κ1) is 31.1. The molecular formula is C32H46FN5OSi2. The molecule has 0 N–H and O–H groups in total. The summed E-state index contributed by atoms with van der Waals surface area (Å²) in [5.41, 5.74) is 5.42. The van der Waals surface area contributed by atoms with Gasteiger partial charge in [0.15, 0.2) is 8.32 Å². The molecule has 6 nitrogen and oxygen atoms in total. The molecule has 0 aliphatic carbocycles. The Hall–Kier alpha value is -2.89. The molecule has 0 radical (unpaired) electrons. The Morgan fingerprint density at radius 1 is 0.878 bits per heavy atom. The van der Waals surface area contributed by atoms with Gasteiger partial charge in [-0.25, -0.2) is 9.37 Å². The second-order valence-corrected chi connectivity index (χ2v) is 24.1.